The first-order valence-corrected chi connectivity index (χ1v) is 5.49. The lowest BCUT2D eigenvalue weighted by Gasteiger charge is -2.35. The molecule has 0 radical (unpaired) electrons. The van der Waals surface area contributed by atoms with E-state index in [0.29, 0.717) is 0 Å². The van der Waals surface area contributed by atoms with E-state index in [-0.39, 0.29) is 5.54 Å². The van der Waals surface area contributed by atoms with Crippen LogP contribution in [0, 0.1) is 5.92 Å². The van der Waals surface area contributed by atoms with Crippen molar-refractivity contribution in [2.24, 2.45) is 5.92 Å². The van der Waals surface area contributed by atoms with Crippen LogP contribution in [0.5, 0.6) is 0 Å². The van der Waals surface area contributed by atoms with E-state index in [1.165, 1.54) is 19.3 Å². The van der Waals surface area contributed by atoms with Crippen molar-refractivity contribution >= 4 is 0 Å². The quantitative estimate of drug-likeness (QED) is 0.725. The molecule has 1 saturated heterocycles. The fraction of sp³-hybridized carbons (Fsp3) is 1.00. The molecular formula is C11H23NO. The van der Waals surface area contributed by atoms with Gasteiger partial charge in [-0.1, -0.05) is 20.3 Å². The SMILES string of the molecule is CCC(C)CNC1(C)CCCOC1. The lowest BCUT2D eigenvalue weighted by molar-refractivity contribution is 0.0271. The predicted octanol–water partition coefficient (Wildman–Crippen LogP) is 2.19. The summed E-state index contributed by atoms with van der Waals surface area (Å²) in [5.74, 6) is 0.777. The van der Waals surface area contributed by atoms with Crippen LogP contribution >= 0.6 is 0 Å². The zero-order valence-electron chi connectivity index (χ0n) is 9.23. The first kappa shape index (κ1) is 11.0. The predicted molar refractivity (Wildman–Crippen MR) is 55.9 cm³/mol. The standard InChI is InChI=1S/C11H23NO/c1-4-10(2)8-12-11(3)6-5-7-13-9-11/h10,12H,4-9H2,1-3H3. The Labute approximate surface area is 82.0 Å². The van der Waals surface area contributed by atoms with Gasteiger partial charge >= 0.3 is 0 Å². The van der Waals surface area contributed by atoms with Crippen LogP contribution in [0.3, 0.4) is 0 Å². The highest BCUT2D eigenvalue weighted by atomic mass is 16.5. The maximum Gasteiger partial charge on any atom is 0.0645 e. The number of hydrogen-bond acceptors (Lipinski definition) is 2. The van der Waals surface area contributed by atoms with Gasteiger partial charge in [-0.25, -0.2) is 0 Å². The Kier molecular flexibility index (Phi) is 4.20. The van der Waals surface area contributed by atoms with Crippen molar-refractivity contribution in [3.8, 4) is 0 Å². The molecule has 2 atom stereocenters. The van der Waals surface area contributed by atoms with E-state index in [2.05, 4.69) is 26.1 Å². The van der Waals surface area contributed by atoms with Gasteiger partial charge in [0.25, 0.3) is 0 Å². The summed E-state index contributed by atoms with van der Waals surface area (Å²) in [6.07, 6.45) is 3.71. The van der Waals surface area contributed by atoms with Crippen LogP contribution < -0.4 is 5.32 Å². The zero-order valence-corrected chi connectivity index (χ0v) is 9.23. The Morgan fingerprint density at radius 3 is 2.85 bits per heavy atom. The Bertz CT molecular complexity index is 141. The second-order valence-corrected chi connectivity index (χ2v) is 4.61. The van der Waals surface area contributed by atoms with Gasteiger partial charge in [0.15, 0.2) is 0 Å². The first-order chi connectivity index (χ1) is 6.16. The van der Waals surface area contributed by atoms with Crippen LogP contribution in [0.1, 0.15) is 40.0 Å². The van der Waals surface area contributed by atoms with Gasteiger partial charge in [-0.2, -0.15) is 0 Å². The molecule has 1 aliphatic heterocycles. The molecule has 1 fully saturated rings. The summed E-state index contributed by atoms with van der Waals surface area (Å²) in [4.78, 5) is 0. The Balaban J connectivity index is 2.24. The third kappa shape index (κ3) is 3.65. The summed E-state index contributed by atoms with van der Waals surface area (Å²) in [6.45, 7) is 9.75. The van der Waals surface area contributed by atoms with Gasteiger partial charge in [0.1, 0.15) is 0 Å². The molecule has 0 aromatic rings. The maximum atomic E-state index is 5.49. The van der Waals surface area contributed by atoms with Crippen LogP contribution in [0.4, 0.5) is 0 Å². The maximum absolute atomic E-state index is 5.49. The van der Waals surface area contributed by atoms with Gasteiger partial charge in [-0.15, -0.1) is 0 Å². The Morgan fingerprint density at radius 1 is 1.54 bits per heavy atom. The van der Waals surface area contributed by atoms with Crippen molar-refractivity contribution in [2.45, 2.75) is 45.6 Å². The van der Waals surface area contributed by atoms with E-state index in [1.807, 2.05) is 0 Å². The molecule has 0 spiro atoms. The van der Waals surface area contributed by atoms with Crippen LogP contribution in [0.15, 0.2) is 0 Å². The molecule has 78 valence electrons. The molecule has 1 rings (SSSR count). The Hall–Kier alpha value is -0.0800. The molecule has 0 saturated carbocycles. The smallest absolute Gasteiger partial charge is 0.0645 e. The van der Waals surface area contributed by atoms with Crippen LogP contribution in [-0.4, -0.2) is 25.3 Å². The van der Waals surface area contributed by atoms with E-state index < -0.39 is 0 Å². The van der Waals surface area contributed by atoms with E-state index in [1.54, 1.807) is 0 Å². The first-order valence-electron chi connectivity index (χ1n) is 5.49. The number of nitrogens with one attached hydrogen (secondary N) is 1. The molecule has 0 amide bonds. The molecule has 0 aromatic carbocycles. The minimum absolute atomic E-state index is 0.238. The molecule has 2 unspecified atom stereocenters. The van der Waals surface area contributed by atoms with Crippen molar-refractivity contribution in [3.05, 3.63) is 0 Å². The second-order valence-electron chi connectivity index (χ2n) is 4.61. The van der Waals surface area contributed by atoms with E-state index >= 15 is 0 Å². The van der Waals surface area contributed by atoms with Gasteiger partial charge in [0.2, 0.25) is 0 Å². The van der Waals surface area contributed by atoms with Crippen molar-refractivity contribution in [1.82, 2.24) is 5.32 Å². The zero-order chi connectivity index (χ0) is 9.73. The highest BCUT2D eigenvalue weighted by Crippen LogP contribution is 2.18. The summed E-state index contributed by atoms with van der Waals surface area (Å²) in [5, 5.41) is 3.62. The summed E-state index contributed by atoms with van der Waals surface area (Å²) in [6, 6.07) is 0. The van der Waals surface area contributed by atoms with Gasteiger partial charge < -0.3 is 10.1 Å². The molecule has 0 bridgehead atoms. The van der Waals surface area contributed by atoms with Gasteiger partial charge in [-0.3, -0.25) is 0 Å². The van der Waals surface area contributed by atoms with Crippen molar-refractivity contribution in [3.63, 3.8) is 0 Å². The molecule has 2 nitrogen and oxygen atoms in total. The monoisotopic (exact) mass is 185 g/mol. The Morgan fingerprint density at radius 2 is 2.31 bits per heavy atom. The number of hydrogen-bond donors (Lipinski definition) is 1. The second kappa shape index (κ2) is 4.97. The van der Waals surface area contributed by atoms with Crippen LogP contribution in [-0.2, 0) is 4.74 Å². The van der Waals surface area contributed by atoms with Gasteiger partial charge in [-0.05, 0) is 32.2 Å². The summed E-state index contributed by atoms with van der Waals surface area (Å²) >= 11 is 0. The summed E-state index contributed by atoms with van der Waals surface area (Å²) < 4.78 is 5.49. The number of ether oxygens (including phenoxy) is 1. The summed E-state index contributed by atoms with van der Waals surface area (Å²) in [5.41, 5.74) is 0.238. The third-order valence-corrected chi connectivity index (χ3v) is 3.01. The minimum atomic E-state index is 0.238. The molecule has 1 heterocycles. The van der Waals surface area contributed by atoms with Crippen molar-refractivity contribution < 1.29 is 4.74 Å². The molecule has 1 N–H and O–H groups in total. The van der Waals surface area contributed by atoms with Crippen molar-refractivity contribution in [1.29, 1.82) is 0 Å². The molecular weight excluding hydrogens is 162 g/mol. The third-order valence-electron chi connectivity index (χ3n) is 3.01. The fourth-order valence-electron chi connectivity index (χ4n) is 1.64. The fourth-order valence-corrected chi connectivity index (χ4v) is 1.64. The molecule has 0 aromatic heterocycles. The molecule has 1 aliphatic rings. The normalized spacial score (nSPS) is 31.6. The highest BCUT2D eigenvalue weighted by molar-refractivity contribution is 4.85. The average molecular weight is 185 g/mol. The van der Waals surface area contributed by atoms with E-state index in [0.717, 1.165) is 25.7 Å². The van der Waals surface area contributed by atoms with Crippen LogP contribution in [0.25, 0.3) is 0 Å². The minimum Gasteiger partial charge on any atom is -0.380 e. The van der Waals surface area contributed by atoms with Crippen LogP contribution in [0.2, 0.25) is 0 Å². The highest BCUT2D eigenvalue weighted by Gasteiger charge is 2.26. The average Bonchev–Trinajstić information content (AvgIpc) is 2.15. The largest absolute Gasteiger partial charge is 0.380 e. The molecule has 0 aliphatic carbocycles. The van der Waals surface area contributed by atoms with Gasteiger partial charge in [0, 0.05) is 12.1 Å². The lowest BCUT2D eigenvalue weighted by atomic mass is 9.94. The topological polar surface area (TPSA) is 21.3 Å². The van der Waals surface area contributed by atoms with E-state index in [9.17, 15) is 0 Å². The van der Waals surface area contributed by atoms with Crippen molar-refractivity contribution in [2.75, 3.05) is 19.8 Å². The molecule has 2 heteroatoms. The van der Waals surface area contributed by atoms with Gasteiger partial charge in [0.05, 0.1) is 6.61 Å². The molecule has 13 heavy (non-hydrogen) atoms. The van der Waals surface area contributed by atoms with E-state index in [4.69, 9.17) is 4.74 Å². The number of rotatable bonds is 4. The summed E-state index contributed by atoms with van der Waals surface area (Å²) in [7, 11) is 0. The lowest BCUT2D eigenvalue weighted by Crippen LogP contribution is -2.50.